The van der Waals surface area contributed by atoms with Crippen molar-refractivity contribution in [1.29, 1.82) is 0 Å². The number of amides is 2. The van der Waals surface area contributed by atoms with Crippen LogP contribution in [0.5, 0.6) is 11.5 Å². The highest BCUT2D eigenvalue weighted by Crippen LogP contribution is 2.48. The zero-order valence-corrected chi connectivity index (χ0v) is 15.9. The molecule has 2 aliphatic rings. The lowest BCUT2D eigenvalue weighted by Crippen LogP contribution is -2.45. The van der Waals surface area contributed by atoms with Gasteiger partial charge in [0, 0.05) is 17.9 Å². The Balaban J connectivity index is 1.45. The van der Waals surface area contributed by atoms with Crippen molar-refractivity contribution < 1.29 is 19.1 Å². The zero-order valence-electron chi connectivity index (χ0n) is 15.1. The summed E-state index contributed by atoms with van der Waals surface area (Å²) in [4.78, 5) is 27.2. The standard InChI is InChI=1S/C20H20N2O4S/c1-25-16-8-7-12(9-17(16)26-2)10-21-18(23)15-11-27-20-14-6-4-3-5-13(14)19(24)22(15)20/h3-9,15,20H,10-11H2,1-2H3,(H,21,23)/t15-,20-/m0/s1. The van der Waals surface area contributed by atoms with Crippen molar-refractivity contribution in [3.05, 3.63) is 59.2 Å². The van der Waals surface area contributed by atoms with E-state index < -0.39 is 6.04 Å². The number of thioether (sulfide) groups is 1. The van der Waals surface area contributed by atoms with Gasteiger partial charge < -0.3 is 19.7 Å². The molecule has 2 aromatic rings. The molecule has 0 spiro atoms. The van der Waals surface area contributed by atoms with Crippen molar-refractivity contribution in [3.8, 4) is 11.5 Å². The van der Waals surface area contributed by atoms with E-state index in [2.05, 4.69) is 5.32 Å². The van der Waals surface area contributed by atoms with Gasteiger partial charge in [-0.1, -0.05) is 24.3 Å². The van der Waals surface area contributed by atoms with Crippen LogP contribution >= 0.6 is 11.8 Å². The Morgan fingerprint density at radius 2 is 1.96 bits per heavy atom. The summed E-state index contributed by atoms with van der Waals surface area (Å²) in [5.74, 6) is 1.66. The summed E-state index contributed by atoms with van der Waals surface area (Å²) in [6.45, 7) is 0.361. The maximum absolute atomic E-state index is 12.8. The predicted octanol–water partition coefficient (Wildman–Crippen LogP) is 2.59. The number of rotatable bonds is 5. The van der Waals surface area contributed by atoms with E-state index in [9.17, 15) is 9.59 Å². The Kier molecular flexibility index (Phi) is 4.70. The molecule has 2 aromatic carbocycles. The van der Waals surface area contributed by atoms with Gasteiger partial charge in [-0.3, -0.25) is 9.59 Å². The SMILES string of the molecule is COc1ccc(CNC(=O)[C@@H]2CS[C@H]3c4ccccc4C(=O)N23)cc1OC. The van der Waals surface area contributed by atoms with Crippen LogP contribution in [0.2, 0.25) is 0 Å². The minimum Gasteiger partial charge on any atom is -0.493 e. The van der Waals surface area contributed by atoms with E-state index in [0.29, 0.717) is 29.4 Å². The lowest BCUT2D eigenvalue weighted by atomic mass is 10.1. The highest BCUT2D eigenvalue weighted by Gasteiger charge is 2.48. The molecule has 0 saturated carbocycles. The summed E-state index contributed by atoms with van der Waals surface area (Å²) in [5, 5.41) is 2.88. The number of hydrogen-bond donors (Lipinski definition) is 1. The van der Waals surface area contributed by atoms with E-state index in [0.717, 1.165) is 11.1 Å². The molecule has 1 N–H and O–H groups in total. The molecule has 0 bridgehead atoms. The van der Waals surface area contributed by atoms with E-state index in [1.165, 1.54) is 0 Å². The van der Waals surface area contributed by atoms with Gasteiger partial charge in [0.05, 0.1) is 14.2 Å². The Morgan fingerprint density at radius 1 is 1.19 bits per heavy atom. The number of nitrogens with one attached hydrogen (secondary N) is 1. The second-order valence-electron chi connectivity index (χ2n) is 6.41. The summed E-state index contributed by atoms with van der Waals surface area (Å²) < 4.78 is 10.5. The molecule has 7 heteroatoms. The number of methoxy groups -OCH3 is 2. The van der Waals surface area contributed by atoms with Gasteiger partial charge in [-0.15, -0.1) is 11.8 Å². The highest BCUT2D eigenvalue weighted by atomic mass is 32.2. The first-order valence-corrected chi connectivity index (χ1v) is 9.70. The van der Waals surface area contributed by atoms with E-state index in [1.807, 2.05) is 42.5 Å². The Morgan fingerprint density at radius 3 is 2.74 bits per heavy atom. The van der Waals surface area contributed by atoms with Gasteiger partial charge >= 0.3 is 0 Å². The summed E-state index contributed by atoms with van der Waals surface area (Å²) in [6.07, 6.45) is 0. The number of fused-ring (bicyclic) bond motifs is 3. The zero-order chi connectivity index (χ0) is 19.0. The quantitative estimate of drug-likeness (QED) is 0.858. The largest absolute Gasteiger partial charge is 0.493 e. The third kappa shape index (κ3) is 3.02. The molecular weight excluding hydrogens is 364 g/mol. The summed E-state index contributed by atoms with van der Waals surface area (Å²) >= 11 is 1.64. The van der Waals surface area contributed by atoms with Crippen molar-refractivity contribution in [3.63, 3.8) is 0 Å². The van der Waals surface area contributed by atoms with Crippen molar-refractivity contribution in [2.75, 3.05) is 20.0 Å². The second kappa shape index (κ2) is 7.15. The van der Waals surface area contributed by atoms with Gasteiger partial charge in [-0.2, -0.15) is 0 Å². The van der Waals surface area contributed by atoms with Crippen molar-refractivity contribution in [2.24, 2.45) is 0 Å². The molecule has 0 radical (unpaired) electrons. The minimum absolute atomic E-state index is 0.0631. The Hall–Kier alpha value is -2.67. The molecule has 0 unspecified atom stereocenters. The van der Waals surface area contributed by atoms with Crippen molar-refractivity contribution in [1.82, 2.24) is 10.2 Å². The Labute approximate surface area is 161 Å². The molecule has 0 aromatic heterocycles. The van der Waals surface area contributed by atoms with E-state index >= 15 is 0 Å². The van der Waals surface area contributed by atoms with Gasteiger partial charge in [0.15, 0.2) is 11.5 Å². The highest BCUT2D eigenvalue weighted by molar-refractivity contribution is 7.99. The normalized spacial score (nSPS) is 20.2. The molecule has 4 rings (SSSR count). The van der Waals surface area contributed by atoms with Crippen LogP contribution in [0.3, 0.4) is 0 Å². The van der Waals surface area contributed by atoms with Gasteiger partial charge in [-0.05, 0) is 29.3 Å². The van der Waals surface area contributed by atoms with Crippen LogP contribution in [0.25, 0.3) is 0 Å². The first-order valence-electron chi connectivity index (χ1n) is 8.66. The lowest BCUT2D eigenvalue weighted by Gasteiger charge is -2.22. The molecule has 1 fully saturated rings. The minimum atomic E-state index is -0.458. The van der Waals surface area contributed by atoms with Crippen LogP contribution in [0.4, 0.5) is 0 Å². The van der Waals surface area contributed by atoms with Crippen LogP contribution in [0.1, 0.15) is 26.9 Å². The summed E-state index contributed by atoms with van der Waals surface area (Å²) in [6, 6.07) is 12.6. The van der Waals surface area contributed by atoms with E-state index in [1.54, 1.807) is 30.9 Å². The maximum Gasteiger partial charge on any atom is 0.256 e. The van der Waals surface area contributed by atoms with Gasteiger partial charge in [-0.25, -0.2) is 0 Å². The van der Waals surface area contributed by atoms with Crippen LogP contribution in [-0.4, -0.2) is 42.7 Å². The first kappa shape index (κ1) is 17.7. The smallest absolute Gasteiger partial charge is 0.256 e. The molecule has 6 nitrogen and oxygen atoms in total. The molecular formula is C20H20N2O4S. The van der Waals surface area contributed by atoms with Gasteiger partial charge in [0.1, 0.15) is 11.4 Å². The van der Waals surface area contributed by atoms with Crippen molar-refractivity contribution >= 4 is 23.6 Å². The molecule has 2 heterocycles. The molecule has 2 amide bonds. The topological polar surface area (TPSA) is 67.9 Å². The molecule has 2 aliphatic heterocycles. The molecule has 27 heavy (non-hydrogen) atoms. The summed E-state index contributed by atoms with van der Waals surface area (Å²) in [7, 11) is 3.16. The third-order valence-electron chi connectivity index (χ3n) is 4.91. The monoisotopic (exact) mass is 384 g/mol. The lowest BCUT2D eigenvalue weighted by molar-refractivity contribution is -0.124. The van der Waals surface area contributed by atoms with Gasteiger partial charge in [0.2, 0.25) is 5.91 Å². The average Bonchev–Trinajstić information content (AvgIpc) is 3.26. The second-order valence-corrected chi connectivity index (χ2v) is 7.52. The number of benzene rings is 2. The van der Waals surface area contributed by atoms with Crippen LogP contribution in [0, 0.1) is 0 Å². The van der Waals surface area contributed by atoms with E-state index in [4.69, 9.17) is 9.47 Å². The molecule has 1 saturated heterocycles. The fourth-order valence-electron chi connectivity index (χ4n) is 3.54. The van der Waals surface area contributed by atoms with Crippen molar-refractivity contribution in [2.45, 2.75) is 18.0 Å². The maximum atomic E-state index is 12.8. The van der Waals surface area contributed by atoms with Crippen LogP contribution in [-0.2, 0) is 11.3 Å². The fraction of sp³-hybridized carbons (Fsp3) is 0.300. The van der Waals surface area contributed by atoms with Crippen LogP contribution < -0.4 is 14.8 Å². The van der Waals surface area contributed by atoms with E-state index in [-0.39, 0.29) is 17.2 Å². The average molecular weight is 384 g/mol. The molecule has 140 valence electrons. The van der Waals surface area contributed by atoms with Gasteiger partial charge in [0.25, 0.3) is 5.91 Å². The van der Waals surface area contributed by atoms with Crippen LogP contribution in [0.15, 0.2) is 42.5 Å². The number of nitrogens with zero attached hydrogens (tertiary/aromatic N) is 1. The Bertz CT molecular complexity index is 901. The number of carbonyl (C=O) groups is 2. The predicted molar refractivity (Wildman–Crippen MR) is 103 cm³/mol. The first-order chi connectivity index (χ1) is 13.1. The molecule has 2 atom stereocenters. The third-order valence-corrected chi connectivity index (χ3v) is 6.21. The summed E-state index contributed by atoms with van der Waals surface area (Å²) in [5.41, 5.74) is 2.61. The fourth-order valence-corrected chi connectivity index (χ4v) is 5.00. The number of ether oxygens (including phenoxy) is 2. The number of carbonyl (C=O) groups excluding carboxylic acids is 2. The number of hydrogen-bond acceptors (Lipinski definition) is 5. The molecule has 0 aliphatic carbocycles.